The van der Waals surface area contributed by atoms with Gasteiger partial charge >= 0.3 is 0 Å². The molecule has 0 saturated heterocycles. The summed E-state index contributed by atoms with van der Waals surface area (Å²) in [6.45, 7) is 2.10. The maximum Gasteiger partial charge on any atom is 0.257 e. The van der Waals surface area contributed by atoms with Crippen LogP contribution < -0.4 is 21.1 Å². The molecule has 2 amide bonds. The highest BCUT2D eigenvalue weighted by Gasteiger charge is 2.28. The molecule has 31 heavy (non-hydrogen) atoms. The Balaban J connectivity index is 1.75. The van der Waals surface area contributed by atoms with E-state index in [-0.39, 0.29) is 50.4 Å². The molecule has 1 heterocycles. The molecule has 0 unspecified atom stereocenters. The molecule has 0 bridgehead atoms. The molecule has 3 aromatic rings. The number of nitrogen functional groups attached to an aromatic ring is 1. The van der Waals surface area contributed by atoms with E-state index in [1.165, 1.54) is 12.4 Å². The number of nitrogens with two attached hydrogens (primary N) is 1. The minimum absolute atomic E-state index is 0.0225. The minimum Gasteiger partial charge on any atom is -0.492 e. The fourth-order valence-electron chi connectivity index (χ4n) is 3.11. The van der Waals surface area contributed by atoms with Crippen LogP contribution in [0.5, 0.6) is 5.75 Å². The predicted octanol–water partition coefficient (Wildman–Crippen LogP) is 4.06. The number of aromatic nitrogens is 2. The standard InChI is InChI=1S/C21H19Cl2N5O3/c1-2-31-14-8-13(21(30)27-10-6-7-10)15(22)18(16(14)23)28-20(29)12-5-3-4-11-17(12)25-9-26-19(11)24/h3-5,8-10H,2,6-7H2,1H3,(H,27,30)(H,28,29)(H2,24,25,26). The van der Waals surface area contributed by atoms with E-state index < -0.39 is 5.91 Å². The van der Waals surface area contributed by atoms with Gasteiger partial charge in [-0.1, -0.05) is 29.3 Å². The Bertz CT molecular complexity index is 1200. The van der Waals surface area contributed by atoms with E-state index in [0.717, 1.165) is 12.8 Å². The number of rotatable bonds is 6. The van der Waals surface area contributed by atoms with Crippen molar-refractivity contribution >= 4 is 57.4 Å². The molecular formula is C21H19Cl2N5O3. The van der Waals surface area contributed by atoms with Gasteiger partial charge in [-0.3, -0.25) is 9.59 Å². The Kier molecular flexibility index (Phi) is 5.84. The van der Waals surface area contributed by atoms with E-state index in [1.54, 1.807) is 25.1 Å². The third kappa shape index (κ3) is 4.22. The van der Waals surface area contributed by atoms with Crippen LogP contribution in [0.4, 0.5) is 11.5 Å². The van der Waals surface area contributed by atoms with E-state index in [4.69, 9.17) is 33.7 Å². The van der Waals surface area contributed by atoms with Crippen molar-refractivity contribution in [3.8, 4) is 5.75 Å². The molecule has 0 spiro atoms. The number of nitrogens with one attached hydrogen (secondary N) is 2. The number of ether oxygens (including phenoxy) is 1. The van der Waals surface area contributed by atoms with Crippen LogP contribution in [0.2, 0.25) is 10.0 Å². The van der Waals surface area contributed by atoms with E-state index >= 15 is 0 Å². The van der Waals surface area contributed by atoms with Crippen molar-refractivity contribution in [1.29, 1.82) is 0 Å². The Morgan fingerprint density at radius 1 is 1.16 bits per heavy atom. The van der Waals surface area contributed by atoms with Gasteiger partial charge in [-0.05, 0) is 38.0 Å². The first-order valence-electron chi connectivity index (χ1n) is 9.66. The highest BCUT2D eigenvalue weighted by atomic mass is 35.5. The molecular weight excluding hydrogens is 441 g/mol. The van der Waals surface area contributed by atoms with Crippen LogP contribution in [0.15, 0.2) is 30.6 Å². The van der Waals surface area contributed by atoms with Crippen molar-refractivity contribution in [2.24, 2.45) is 0 Å². The molecule has 160 valence electrons. The van der Waals surface area contributed by atoms with Crippen LogP contribution in [-0.2, 0) is 0 Å². The Morgan fingerprint density at radius 3 is 2.65 bits per heavy atom. The number of carbonyl (C=O) groups is 2. The monoisotopic (exact) mass is 459 g/mol. The zero-order valence-electron chi connectivity index (χ0n) is 16.5. The number of hydrogen-bond donors (Lipinski definition) is 3. The molecule has 4 N–H and O–H groups in total. The lowest BCUT2D eigenvalue weighted by molar-refractivity contribution is 0.0949. The first-order valence-corrected chi connectivity index (χ1v) is 10.4. The lowest BCUT2D eigenvalue weighted by Crippen LogP contribution is -2.26. The van der Waals surface area contributed by atoms with Crippen molar-refractivity contribution in [3.63, 3.8) is 0 Å². The number of hydrogen-bond acceptors (Lipinski definition) is 6. The van der Waals surface area contributed by atoms with Gasteiger partial charge in [0, 0.05) is 11.4 Å². The molecule has 8 nitrogen and oxygen atoms in total. The van der Waals surface area contributed by atoms with E-state index in [1.807, 2.05) is 0 Å². The third-order valence-electron chi connectivity index (χ3n) is 4.80. The lowest BCUT2D eigenvalue weighted by Gasteiger charge is -2.17. The highest BCUT2D eigenvalue weighted by Crippen LogP contribution is 2.41. The van der Waals surface area contributed by atoms with Gasteiger partial charge in [-0.15, -0.1) is 0 Å². The number of halogens is 2. The highest BCUT2D eigenvalue weighted by molar-refractivity contribution is 6.43. The van der Waals surface area contributed by atoms with Gasteiger partial charge in [-0.2, -0.15) is 0 Å². The third-order valence-corrected chi connectivity index (χ3v) is 5.57. The summed E-state index contributed by atoms with van der Waals surface area (Å²) < 4.78 is 5.56. The summed E-state index contributed by atoms with van der Waals surface area (Å²) in [6, 6.07) is 6.60. The molecule has 0 atom stereocenters. The number of carbonyl (C=O) groups excluding carboxylic acids is 2. The van der Waals surface area contributed by atoms with Crippen LogP contribution in [-0.4, -0.2) is 34.4 Å². The molecule has 4 rings (SSSR count). The maximum absolute atomic E-state index is 13.1. The lowest BCUT2D eigenvalue weighted by atomic mass is 10.1. The van der Waals surface area contributed by atoms with Crippen molar-refractivity contribution in [2.45, 2.75) is 25.8 Å². The zero-order chi connectivity index (χ0) is 22.1. The summed E-state index contributed by atoms with van der Waals surface area (Å²) in [4.78, 5) is 33.9. The number of fused-ring (bicyclic) bond motifs is 1. The van der Waals surface area contributed by atoms with Crippen LogP contribution in [0.25, 0.3) is 10.9 Å². The maximum atomic E-state index is 13.1. The van der Waals surface area contributed by atoms with Gasteiger partial charge in [0.15, 0.2) is 0 Å². The first kappa shape index (κ1) is 21.1. The SMILES string of the molecule is CCOc1cc(C(=O)NC2CC2)c(Cl)c(NC(=O)c2cccc3c(N)ncnc23)c1Cl. The summed E-state index contributed by atoms with van der Waals surface area (Å²) in [5, 5.41) is 6.24. The van der Waals surface area contributed by atoms with Crippen LogP contribution in [0.1, 0.15) is 40.5 Å². The van der Waals surface area contributed by atoms with Crippen LogP contribution >= 0.6 is 23.2 Å². The average molecular weight is 460 g/mol. The molecule has 1 fully saturated rings. The molecule has 10 heteroatoms. The molecule has 0 aliphatic heterocycles. The van der Waals surface area contributed by atoms with Gasteiger partial charge in [-0.25, -0.2) is 9.97 Å². The van der Waals surface area contributed by atoms with E-state index in [0.29, 0.717) is 17.5 Å². The molecule has 1 aliphatic rings. The number of benzene rings is 2. The molecule has 1 aliphatic carbocycles. The normalized spacial score (nSPS) is 13.1. The second-order valence-electron chi connectivity index (χ2n) is 7.02. The zero-order valence-corrected chi connectivity index (χ0v) is 18.0. The first-order chi connectivity index (χ1) is 14.9. The molecule has 2 aromatic carbocycles. The Labute approximate surface area is 188 Å². The average Bonchev–Trinajstić information content (AvgIpc) is 3.57. The van der Waals surface area contributed by atoms with Gasteiger partial charge in [0.2, 0.25) is 0 Å². The summed E-state index contributed by atoms with van der Waals surface area (Å²) in [6.07, 6.45) is 3.13. The van der Waals surface area contributed by atoms with Crippen LogP contribution in [0.3, 0.4) is 0 Å². The number of amides is 2. The van der Waals surface area contributed by atoms with Gasteiger partial charge in [0.25, 0.3) is 11.8 Å². The minimum atomic E-state index is -0.519. The number of anilines is 2. The molecule has 0 radical (unpaired) electrons. The molecule has 1 aromatic heterocycles. The van der Waals surface area contributed by atoms with Gasteiger partial charge in [0.1, 0.15) is 22.9 Å². The smallest absolute Gasteiger partial charge is 0.257 e. The van der Waals surface area contributed by atoms with E-state index in [9.17, 15) is 9.59 Å². The Morgan fingerprint density at radius 2 is 1.94 bits per heavy atom. The van der Waals surface area contributed by atoms with Gasteiger partial charge in [0.05, 0.1) is 34.0 Å². The fourth-order valence-corrected chi connectivity index (χ4v) is 3.69. The predicted molar refractivity (Wildman–Crippen MR) is 120 cm³/mol. The van der Waals surface area contributed by atoms with Crippen molar-refractivity contribution in [1.82, 2.24) is 15.3 Å². The number of para-hydroxylation sites is 1. The summed E-state index contributed by atoms with van der Waals surface area (Å²) in [7, 11) is 0. The largest absolute Gasteiger partial charge is 0.492 e. The van der Waals surface area contributed by atoms with Crippen molar-refractivity contribution in [2.75, 3.05) is 17.7 Å². The fraction of sp³-hybridized carbons (Fsp3) is 0.238. The summed E-state index contributed by atoms with van der Waals surface area (Å²) >= 11 is 13.0. The van der Waals surface area contributed by atoms with Crippen molar-refractivity contribution < 1.29 is 14.3 Å². The summed E-state index contributed by atoms with van der Waals surface area (Å²) in [5.74, 6) is -0.372. The molecule has 1 saturated carbocycles. The van der Waals surface area contributed by atoms with Gasteiger partial charge < -0.3 is 21.1 Å². The van der Waals surface area contributed by atoms with Crippen LogP contribution in [0, 0.1) is 0 Å². The second-order valence-corrected chi connectivity index (χ2v) is 7.78. The quantitative estimate of drug-likeness (QED) is 0.511. The number of nitrogens with zero attached hydrogens (tertiary/aromatic N) is 2. The van der Waals surface area contributed by atoms with E-state index in [2.05, 4.69) is 20.6 Å². The summed E-state index contributed by atoms with van der Waals surface area (Å²) in [5.41, 5.74) is 6.78. The second kappa shape index (κ2) is 8.56. The van der Waals surface area contributed by atoms with Crippen molar-refractivity contribution in [3.05, 3.63) is 51.8 Å². The topological polar surface area (TPSA) is 119 Å². The Hall–Kier alpha value is -3.10.